The molecule has 178 valence electrons. The predicted octanol–water partition coefficient (Wildman–Crippen LogP) is 3.26. The van der Waals surface area contributed by atoms with E-state index in [1.54, 1.807) is 4.90 Å². The van der Waals surface area contributed by atoms with E-state index >= 15 is 0 Å². The van der Waals surface area contributed by atoms with E-state index in [0.29, 0.717) is 13.1 Å². The van der Waals surface area contributed by atoms with Gasteiger partial charge >= 0.3 is 6.09 Å². The number of likely N-dealkylation sites (tertiary alicyclic amines) is 1. The number of benzene rings is 1. The highest BCUT2D eigenvalue weighted by Crippen LogP contribution is 2.30. The number of nitrogens with one attached hydrogen (secondary N) is 1. The van der Waals surface area contributed by atoms with E-state index in [1.165, 1.54) is 12.1 Å². The summed E-state index contributed by atoms with van der Waals surface area (Å²) >= 11 is 0. The fourth-order valence-electron chi connectivity index (χ4n) is 4.15. The summed E-state index contributed by atoms with van der Waals surface area (Å²) in [5, 5.41) is 3.07. The van der Waals surface area contributed by atoms with Crippen LogP contribution in [0.15, 0.2) is 18.2 Å². The molecule has 2 fully saturated rings. The lowest BCUT2D eigenvalue weighted by Gasteiger charge is -2.42. The summed E-state index contributed by atoms with van der Waals surface area (Å²) in [6, 6.07) is 4.50. The zero-order valence-electron chi connectivity index (χ0n) is 20.2. The summed E-state index contributed by atoms with van der Waals surface area (Å²) in [5.41, 5.74) is 1.23. The van der Waals surface area contributed by atoms with E-state index in [4.69, 9.17) is 4.74 Å². The predicted molar refractivity (Wildman–Crippen MR) is 123 cm³/mol. The van der Waals surface area contributed by atoms with Crippen LogP contribution in [0.25, 0.3) is 0 Å². The van der Waals surface area contributed by atoms with E-state index in [-0.39, 0.29) is 35.7 Å². The number of nitrogens with zero attached hydrogens (tertiary/aromatic N) is 3. The van der Waals surface area contributed by atoms with Gasteiger partial charge in [-0.3, -0.25) is 4.79 Å². The van der Waals surface area contributed by atoms with Crippen molar-refractivity contribution in [3.63, 3.8) is 0 Å². The number of halogens is 1. The molecule has 1 N–H and O–H groups in total. The molecule has 0 spiro atoms. The van der Waals surface area contributed by atoms with Gasteiger partial charge in [0.15, 0.2) is 0 Å². The van der Waals surface area contributed by atoms with Crippen molar-refractivity contribution in [1.82, 2.24) is 15.1 Å². The fraction of sp³-hybridized carbons (Fsp3) is 0.667. The molecule has 2 aliphatic heterocycles. The van der Waals surface area contributed by atoms with Gasteiger partial charge in [-0.25, -0.2) is 9.18 Å². The molecule has 3 rings (SSSR count). The van der Waals surface area contributed by atoms with E-state index < -0.39 is 5.60 Å². The standard InChI is InChI=1S/C24H37FN4O3/c1-16(18-14-29(15-18)23(31)32-24(3,4)5)22(30)26-17(2)20-13-19(25)7-8-21(20)28-11-9-27(6)10-12-28/h7-8,13,16-18H,9-12,14-15H2,1-6H3,(H,26,30)/t16-,17+/m1/s1. The molecular formula is C24H37FN4O3. The number of likely N-dealkylation sites (N-methyl/N-ethyl adjacent to an activating group) is 1. The maximum absolute atomic E-state index is 14.1. The Morgan fingerprint density at radius 3 is 2.34 bits per heavy atom. The third kappa shape index (κ3) is 5.91. The number of piperazine rings is 1. The van der Waals surface area contributed by atoms with Gasteiger partial charge in [-0.15, -0.1) is 0 Å². The first-order valence-corrected chi connectivity index (χ1v) is 11.5. The average Bonchev–Trinajstić information content (AvgIpc) is 2.66. The number of carbonyl (C=O) groups excluding carboxylic acids is 2. The number of ether oxygens (including phenoxy) is 1. The fourth-order valence-corrected chi connectivity index (χ4v) is 4.15. The number of carbonyl (C=O) groups is 2. The van der Waals surface area contributed by atoms with Crippen molar-refractivity contribution in [2.24, 2.45) is 11.8 Å². The summed E-state index contributed by atoms with van der Waals surface area (Å²) in [4.78, 5) is 31.2. The molecule has 2 aliphatic rings. The quantitative estimate of drug-likeness (QED) is 0.749. The smallest absolute Gasteiger partial charge is 0.410 e. The lowest BCUT2D eigenvalue weighted by atomic mass is 9.86. The molecule has 0 aliphatic carbocycles. The van der Waals surface area contributed by atoms with E-state index in [1.807, 2.05) is 40.7 Å². The monoisotopic (exact) mass is 448 g/mol. The summed E-state index contributed by atoms with van der Waals surface area (Å²) < 4.78 is 19.5. The highest BCUT2D eigenvalue weighted by molar-refractivity contribution is 5.80. The van der Waals surface area contributed by atoms with Crippen LogP contribution < -0.4 is 10.2 Å². The van der Waals surface area contributed by atoms with Gasteiger partial charge in [-0.05, 0) is 52.9 Å². The Kier molecular flexibility index (Phi) is 7.32. The third-order valence-electron chi connectivity index (χ3n) is 6.34. The Balaban J connectivity index is 1.59. The average molecular weight is 449 g/mol. The maximum atomic E-state index is 14.1. The second-order valence-electron chi connectivity index (χ2n) is 10.2. The zero-order valence-corrected chi connectivity index (χ0v) is 20.2. The molecule has 2 atom stereocenters. The minimum absolute atomic E-state index is 0.0827. The van der Waals surface area contributed by atoms with Crippen molar-refractivity contribution in [3.8, 4) is 0 Å². The molecule has 1 aromatic rings. The molecule has 32 heavy (non-hydrogen) atoms. The molecule has 2 heterocycles. The van der Waals surface area contributed by atoms with Crippen LogP contribution in [-0.4, -0.2) is 73.7 Å². The van der Waals surface area contributed by atoms with Crippen molar-refractivity contribution < 1.29 is 18.7 Å². The van der Waals surface area contributed by atoms with E-state index in [2.05, 4.69) is 22.2 Å². The third-order valence-corrected chi connectivity index (χ3v) is 6.34. The second kappa shape index (κ2) is 9.65. The molecular weight excluding hydrogens is 411 g/mol. The number of hydrogen-bond donors (Lipinski definition) is 1. The minimum Gasteiger partial charge on any atom is -0.444 e. The van der Waals surface area contributed by atoms with Crippen molar-refractivity contribution >= 4 is 17.7 Å². The molecule has 0 aromatic heterocycles. The van der Waals surface area contributed by atoms with Gasteiger partial charge in [0, 0.05) is 62.4 Å². The highest BCUT2D eigenvalue weighted by atomic mass is 19.1. The van der Waals surface area contributed by atoms with Crippen LogP contribution in [0.3, 0.4) is 0 Å². The summed E-state index contributed by atoms with van der Waals surface area (Å²) in [7, 11) is 2.09. The Morgan fingerprint density at radius 2 is 1.75 bits per heavy atom. The van der Waals surface area contributed by atoms with Crippen LogP contribution in [0.5, 0.6) is 0 Å². The summed E-state index contributed by atoms with van der Waals surface area (Å²) in [6.07, 6.45) is -0.341. The van der Waals surface area contributed by atoms with Crippen LogP contribution in [-0.2, 0) is 9.53 Å². The Bertz CT molecular complexity index is 827. The van der Waals surface area contributed by atoms with Gasteiger partial charge in [0.1, 0.15) is 11.4 Å². The number of anilines is 1. The van der Waals surface area contributed by atoms with E-state index in [9.17, 15) is 14.0 Å². The topological polar surface area (TPSA) is 65.1 Å². The molecule has 0 saturated carbocycles. The molecule has 2 amide bonds. The normalized spacial score (nSPS) is 19.8. The summed E-state index contributed by atoms with van der Waals surface area (Å²) in [6.45, 7) is 13.9. The second-order valence-corrected chi connectivity index (χ2v) is 10.2. The highest BCUT2D eigenvalue weighted by Gasteiger charge is 2.39. The SMILES string of the molecule is C[C@H](NC(=O)[C@H](C)C1CN(C(=O)OC(C)(C)C)C1)c1cc(F)ccc1N1CCN(C)CC1. The molecule has 8 heteroatoms. The van der Waals surface area contributed by atoms with Crippen molar-refractivity contribution in [1.29, 1.82) is 0 Å². The molecule has 0 radical (unpaired) electrons. The van der Waals surface area contributed by atoms with Crippen LogP contribution in [0.2, 0.25) is 0 Å². The van der Waals surface area contributed by atoms with Crippen LogP contribution in [0.1, 0.15) is 46.2 Å². The lowest BCUT2D eigenvalue weighted by Crippen LogP contribution is -2.55. The largest absolute Gasteiger partial charge is 0.444 e. The van der Waals surface area contributed by atoms with Gasteiger partial charge in [0.05, 0.1) is 6.04 Å². The number of rotatable bonds is 5. The maximum Gasteiger partial charge on any atom is 0.410 e. The molecule has 7 nitrogen and oxygen atoms in total. The molecule has 2 saturated heterocycles. The van der Waals surface area contributed by atoms with Crippen molar-refractivity contribution in [3.05, 3.63) is 29.6 Å². The zero-order chi connectivity index (χ0) is 23.6. The Labute approximate surface area is 190 Å². The molecule has 0 bridgehead atoms. The lowest BCUT2D eigenvalue weighted by molar-refractivity contribution is -0.129. The van der Waals surface area contributed by atoms with Crippen LogP contribution in [0.4, 0.5) is 14.9 Å². The number of hydrogen-bond acceptors (Lipinski definition) is 5. The van der Waals surface area contributed by atoms with Gasteiger partial charge in [-0.1, -0.05) is 6.92 Å². The van der Waals surface area contributed by atoms with Crippen LogP contribution >= 0.6 is 0 Å². The van der Waals surface area contributed by atoms with Gasteiger partial charge < -0.3 is 24.8 Å². The van der Waals surface area contributed by atoms with Gasteiger partial charge in [-0.2, -0.15) is 0 Å². The molecule has 0 unspecified atom stereocenters. The first kappa shape index (κ1) is 24.3. The minimum atomic E-state index is -0.535. The van der Waals surface area contributed by atoms with E-state index in [0.717, 1.165) is 37.4 Å². The summed E-state index contributed by atoms with van der Waals surface area (Å²) in [5.74, 6) is -0.560. The van der Waals surface area contributed by atoms with Gasteiger partial charge in [0.25, 0.3) is 0 Å². The molecule has 1 aromatic carbocycles. The van der Waals surface area contributed by atoms with Gasteiger partial charge in [0.2, 0.25) is 5.91 Å². The number of amides is 2. The van der Waals surface area contributed by atoms with Crippen LogP contribution in [0, 0.1) is 17.7 Å². The first-order valence-electron chi connectivity index (χ1n) is 11.5. The Hall–Kier alpha value is -2.35. The van der Waals surface area contributed by atoms with Crippen molar-refractivity contribution in [2.45, 2.75) is 46.3 Å². The van der Waals surface area contributed by atoms with Crippen molar-refractivity contribution in [2.75, 3.05) is 51.2 Å². The Morgan fingerprint density at radius 1 is 1.12 bits per heavy atom. The first-order chi connectivity index (χ1) is 14.9.